The molecule has 0 aliphatic carbocycles. The number of hydrogen-bond acceptors (Lipinski definition) is 4. The van der Waals surface area contributed by atoms with Crippen molar-refractivity contribution in [2.45, 2.75) is 11.8 Å². The van der Waals surface area contributed by atoms with E-state index < -0.39 is 15.7 Å². The summed E-state index contributed by atoms with van der Waals surface area (Å²) >= 11 is 1.19. The summed E-state index contributed by atoms with van der Waals surface area (Å²) in [7, 11) is -2.98. The molecule has 6 heteroatoms. The second-order valence-corrected chi connectivity index (χ2v) is 6.88. The Morgan fingerprint density at radius 3 is 2.69 bits per heavy atom. The maximum absolute atomic E-state index is 13.3. The number of nitrogen functional groups attached to an aromatic ring is 1. The van der Waals surface area contributed by atoms with E-state index in [2.05, 4.69) is 0 Å². The summed E-state index contributed by atoms with van der Waals surface area (Å²) in [5.74, 6) is 0.145. The fraction of sp³-hybridized carbons (Fsp3) is 0.400. The van der Waals surface area contributed by atoms with Gasteiger partial charge in [-0.2, -0.15) is 0 Å². The van der Waals surface area contributed by atoms with E-state index in [0.717, 1.165) is 0 Å². The van der Waals surface area contributed by atoms with Gasteiger partial charge in [-0.15, -0.1) is 11.8 Å². The molecule has 3 nitrogen and oxygen atoms in total. The standard InChI is InChI=1S/C10H14FNO2S2/c1-2-16(13,14)6-5-15-10-4-3-8(12)7-9(10)11/h3-4,7H,2,5-6,12H2,1H3. The van der Waals surface area contributed by atoms with Gasteiger partial charge in [-0.05, 0) is 18.2 Å². The van der Waals surface area contributed by atoms with Crippen LogP contribution in [-0.2, 0) is 9.84 Å². The van der Waals surface area contributed by atoms with Crippen LogP contribution in [0.25, 0.3) is 0 Å². The van der Waals surface area contributed by atoms with E-state index in [1.54, 1.807) is 19.1 Å². The fourth-order valence-corrected chi connectivity index (χ4v) is 3.28. The molecule has 0 fully saturated rings. The summed E-state index contributed by atoms with van der Waals surface area (Å²) in [6.07, 6.45) is 0. The molecule has 1 aromatic carbocycles. The van der Waals surface area contributed by atoms with E-state index in [1.807, 2.05) is 0 Å². The van der Waals surface area contributed by atoms with Crippen molar-refractivity contribution in [3.63, 3.8) is 0 Å². The Morgan fingerprint density at radius 1 is 1.44 bits per heavy atom. The SMILES string of the molecule is CCS(=O)(=O)CCSc1ccc(N)cc1F. The van der Waals surface area contributed by atoms with Crippen molar-refractivity contribution in [2.75, 3.05) is 23.0 Å². The summed E-state index contributed by atoms with van der Waals surface area (Å²) in [6, 6.07) is 4.39. The fourth-order valence-electron chi connectivity index (χ4n) is 1.06. The van der Waals surface area contributed by atoms with Crippen LogP contribution in [0.1, 0.15) is 6.92 Å². The molecule has 0 saturated heterocycles. The van der Waals surface area contributed by atoms with Crippen molar-refractivity contribution in [3.05, 3.63) is 24.0 Å². The zero-order valence-corrected chi connectivity index (χ0v) is 10.6. The third kappa shape index (κ3) is 4.02. The molecule has 1 rings (SSSR count). The number of sulfone groups is 1. The van der Waals surface area contributed by atoms with Gasteiger partial charge in [0.15, 0.2) is 9.84 Å². The molecule has 0 amide bonds. The van der Waals surface area contributed by atoms with Crippen LogP contribution >= 0.6 is 11.8 Å². The van der Waals surface area contributed by atoms with Crippen molar-refractivity contribution in [1.29, 1.82) is 0 Å². The molecule has 90 valence electrons. The Labute approximate surface area is 99.1 Å². The average molecular weight is 263 g/mol. The summed E-state index contributed by atoms with van der Waals surface area (Å²) in [5.41, 5.74) is 5.77. The number of thioether (sulfide) groups is 1. The molecule has 0 aromatic heterocycles. The van der Waals surface area contributed by atoms with E-state index in [-0.39, 0.29) is 11.5 Å². The number of anilines is 1. The van der Waals surface area contributed by atoms with Crippen LogP contribution in [0.2, 0.25) is 0 Å². The van der Waals surface area contributed by atoms with Gasteiger partial charge in [0, 0.05) is 22.1 Å². The molecule has 0 heterocycles. The molecule has 0 atom stereocenters. The summed E-state index contributed by atoms with van der Waals surface area (Å²) in [4.78, 5) is 0.431. The van der Waals surface area contributed by atoms with E-state index >= 15 is 0 Å². The lowest BCUT2D eigenvalue weighted by atomic mass is 10.3. The lowest BCUT2D eigenvalue weighted by Crippen LogP contribution is -2.10. The molecule has 0 bridgehead atoms. The van der Waals surface area contributed by atoms with Gasteiger partial charge in [-0.25, -0.2) is 12.8 Å². The molecule has 0 unspecified atom stereocenters. The third-order valence-electron chi connectivity index (χ3n) is 2.05. The van der Waals surface area contributed by atoms with Crippen LogP contribution in [0.4, 0.5) is 10.1 Å². The molecule has 1 aromatic rings. The zero-order valence-electron chi connectivity index (χ0n) is 8.94. The minimum absolute atomic E-state index is 0.0674. The summed E-state index contributed by atoms with van der Waals surface area (Å²) in [5, 5.41) is 0. The van der Waals surface area contributed by atoms with Crippen LogP contribution in [-0.4, -0.2) is 25.7 Å². The number of nitrogens with two attached hydrogens (primary N) is 1. The van der Waals surface area contributed by atoms with Gasteiger partial charge in [0.05, 0.1) is 5.75 Å². The average Bonchev–Trinajstić information content (AvgIpc) is 2.21. The first kappa shape index (κ1) is 13.3. The number of hydrogen-bond donors (Lipinski definition) is 1. The second-order valence-electron chi connectivity index (χ2n) is 3.27. The van der Waals surface area contributed by atoms with Gasteiger partial charge in [0.2, 0.25) is 0 Å². The van der Waals surface area contributed by atoms with Crippen molar-refractivity contribution in [2.24, 2.45) is 0 Å². The third-order valence-corrected chi connectivity index (χ3v) is 5.06. The van der Waals surface area contributed by atoms with E-state index in [9.17, 15) is 12.8 Å². The molecule has 16 heavy (non-hydrogen) atoms. The smallest absolute Gasteiger partial charge is 0.150 e. The maximum Gasteiger partial charge on any atom is 0.150 e. The Bertz CT molecular complexity index is 460. The quantitative estimate of drug-likeness (QED) is 0.651. The number of benzene rings is 1. The topological polar surface area (TPSA) is 60.2 Å². The van der Waals surface area contributed by atoms with Gasteiger partial charge in [-0.3, -0.25) is 0 Å². The second kappa shape index (κ2) is 5.54. The predicted octanol–water partition coefficient (Wildman–Crippen LogP) is 1.93. The van der Waals surface area contributed by atoms with Gasteiger partial charge in [-0.1, -0.05) is 6.92 Å². The molecule has 2 N–H and O–H groups in total. The monoisotopic (exact) mass is 263 g/mol. The maximum atomic E-state index is 13.3. The Balaban J connectivity index is 2.56. The molecular weight excluding hydrogens is 249 g/mol. The highest BCUT2D eigenvalue weighted by Crippen LogP contribution is 2.23. The van der Waals surface area contributed by atoms with Crippen molar-refractivity contribution in [1.82, 2.24) is 0 Å². The van der Waals surface area contributed by atoms with Gasteiger partial charge in [0.25, 0.3) is 0 Å². The molecule has 0 aliphatic heterocycles. The first-order valence-corrected chi connectivity index (χ1v) is 7.63. The largest absolute Gasteiger partial charge is 0.399 e. The Hall–Kier alpha value is -0.750. The minimum atomic E-state index is -2.98. The van der Waals surface area contributed by atoms with Crippen LogP contribution in [0.15, 0.2) is 23.1 Å². The van der Waals surface area contributed by atoms with Crippen molar-refractivity contribution >= 4 is 27.3 Å². The highest BCUT2D eigenvalue weighted by atomic mass is 32.2. The normalized spacial score (nSPS) is 11.6. The van der Waals surface area contributed by atoms with Crippen molar-refractivity contribution in [3.8, 4) is 0 Å². The van der Waals surface area contributed by atoms with Crippen LogP contribution in [0.5, 0.6) is 0 Å². The highest BCUT2D eigenvalue weighted by Gasteiger charge is 2.09. The van der Waals surface area contributed by atoms with Crippen LogP contribution in [0, 0.1) is 5.82 Å². The van der Waals surface area contributed by atoms with E-state index in [4.69, 9.17) is 5.73 Å². The van der Waals surface area contributed by atoms with Crippen molar-refractivity contribution < 1.29 is 12.8 Å². The molecule has 0 aliphatic rings. The van der Waals surface area contributed by atoms with E-state index in [0.29, 0.717) is 16.3 Å². The van der Waals surface area contributed by atoms with E-state index in [1.165, 1.54) is 17.8 Å². The predicted molar refractivity (Wildman–Crippen MR) is 65.9 cm³/mol. The van der Waals surface area contributed by atoms with Crippen LogP contribution in [0.3, 0.4) is 0 Å². The Morgan fingerprint density at radius 2 is 2.12 bits per heavy atom. The zero-order chi connectivity index (χ0) is 12.2. The minimum Gasteiger partial charge on any atom is -0.399 e. The van der Waals surface area contributed by atoms with Gasteiger partial charge < -0.3 is 5.73 Å². The van der Waals surface area contributed by atoms with Gasteiger partial charge >= 0.3 is 0 Å². The molecule has 0 radical (unpaired) electrons. The lowest BCUT2D eigenvalue weighted by Gasteiger charge is -2.04. The first-order valence-electron chi connectivity index (χ1n) is 4.83. The summed E-state index contributed by atoms with van der Waals surface area (Å²) < 4.78 is 35.7. The molecule has 0 spiro atoms. The first-order chi connectivity index (χ1) is 7.44. The molecule has 0 saturated carbocycles. The number of halogens is 1. The molecular formula is C10H14FNO2S2. The number of rotatable bonds is 5. The summed E-state index contributed by atoms with van der Waals surface area (Å²) in [6.45, 7) is 1.60. The lowest BCUT2D eigenvalue weighted by molar-refractivity contribution is 0.597. The Kier molecular flexibility index (Phi) is 4.61. The highest BCUT2D eigenvalue weighted by molar-refractivity contribution is 8.00. The van der Waals surface area contributed by atoms with Gasteiger partial charge in [0.1, 0.15) is 5.82 Å². The van der Waals surface area contributed by atoms with Crippen LogP contribution < -0.4 is 5.73 Å².